The standard InChI is InChI=1S/C14H13BrN4O2/c15-9-7-11-14(18-8-9)10(3-4-16-11)17-5-6-19-12(20)1-2-13(19)21/h3-4,7-8H,1-2,5-6H2,(H,16,17). The second-order valence-corrected chi connectivity index (χ2v) is 5.66. The van der Waals surface area contributed by atoms with Crippen molar-refractivity contribution in [2.45, 2.75) is 12.8 Å². The minimum atomic E-state index is -0.0940. The molecule has 3 heterocycles. The average molecular weight is 349 g/mol. The first-order valence-electron chi connectivity index (χ1n) is 6.62. The van der Waals surface area contributed by atoms with Crippen LogP contribution in [0.2, 0.25) is 0 Å². The van der Waals surface area contributed by atoms with E-state index < -0.39 is 0 Å². The predicted molar refractivity (Wildman–Crippen MR) is 81.7 cm³/mol. The van der Waals surface area contributed by atoms with Crippen molar-refractivity contribution in [1.82, 2.24) is 14.9 Å². The summed E-state index contributed by atoms with van der Waals surface area (Å²) in [6.07, 6.45) is 4.06. The number of hydrogen-bond donors (Lipinski definition) is 1. The van der Waals surface area contributed by atoms with Gasteiger partial charge in [0.25, 0.3) is 0 Å². The highest BCUT2D eigenvalue weighted by molar-refractivity contribution is 9.10. The number of carbonyl (C=O) groups is 2. The number of carbonyl (C=O) groups excluding carboxylic acids is 2. The molecule has 1 aliphatic heterocycles. The smallest absolute Gasteiger partial charge is 0.229 e. The summed E-state index contributed by atoms with van der Waals surface area (Å²) in [7, 11) is 0. The number of nitrogens with zero attached hydrogens (tertiary/aromatic N) is 3. The summed E-state index contributed by atoms with van der Waals surface area (Å²) >= 11 is 3.36. The lowest BCUT2D eigenvalue weighted by Crippen LogP contribution is -2.33. The molecule has 0 atom stereocenters. The van der Waals surface area contributed by atoms with Gasteiger partial charge >= 0.3 is 0 Å². The summed E-state index contributed by atoms with van der Waals surface area (Å²) in [4.78, 5) is 33.0. The number of pyridine rings is 2. The van der Waals surface area contributed by atoms with E-state index >= 15 is 0 Å². The Morgan fingerprint density at radius 2 is 2.00 bits per heavy atom. The SMILES string of the molecule is O=C1CCC(=O)N1CCNc1ccnc2cc(Br)cnc12. The second-order valence-electron chi connectivity index (χ2n) is 4.75. The Morgan fingerprint density at radius 3 is 2.76 bits per heavy atom. The van der Waals surface area contributed by atoms with E-state index in [0.29, 0.717) is 25.9 Å². The normalized spacial score (nSPS) is 15.0. The Hall–Kier alpha value is -2.02. The van der Waals surface area contributed by atoms with E-state index in [2.05, 4.69) is 31.2 Å². The van der Waals surface area contributed by atoms with Crippen LogP contribution in [-0.4, -0.2) is 39.8 Å². The van der Waals surface area contributed by atoms with Gasteiger partial charge in [0.1, 0.15) is 5.52 Å². The molecule has 1 fully saturated rings. The molecule has 2 aromatic rings. The molecular formula is C14H13BrN4O2. The number of hydrogen-bond acceptors (Lipinski definition) is 5. The number of amides is 2. The van der Waals surface area contributed by atoms with Crippen molar-refractivity contribution in [1.29, 1.82) is 0 Å². The maximum atomic E-state index is 11.5. The molecule has 2 aromatic heterocycles. The van der Waals surface area contributed by atoms with Crippen LogP contribution in [-0.2, 0) is 9.59 Å². The van der Waals surface area contributed by atoms with E-state index in [-0.39, 0.29) is 11.8 Å². The zero-order valence-electron chi connectivity index (χ0n) is 11.2. The fourth-order valence-corrected chi connectivity index (χ4v) is 2.64. The van der Waals surface area contributed by atoms with E-state index in [0.717, 1.165) is 21.2 Å². The van der Waals surface area contributed by atoms with Gasteiger partial charge in [0.2, 0.25) is 11.8 Å². The highest BCUT2D eigenvalue weighted by Gasteiger charge is 2.27. The minimum Gasteiger partial charge on any atom is -0.381 e. The summed E-state index contributed by atoms with van der Waals surface area (Å²) in [5.41, 5.74) is 2.38. The van der Waals surface area contributed by atoms with Crippen LogP contribution in [0.5, 0.6) is 0 Å². The summed E-state index contributed by atoms with van der Waals surface area (Å²) < 4.78 is 0.868. The van der Waals surface area contributed by atoms with Crippen LogP contribution in [0.25, 0.3) is 11.0 Å². The van der Waals surface area contributed by atoms with Crippen molar-refractivity contribution in [2.24, 2.45) is 0 Å². The molecule has 2 amide bonds. The molecule has 1 N–H and O–H groups in total. The van der Waals surface area contributed by atoms with Crippen molar-refractivity contribution in [2.75, 3.05) is 18.4 Å². The minimum absolute atomic E-state index is 0.0940. The highest BCUT2D eigenvalue weighted by Crippen LogP contribution is 2.22. The van der Waals surface area contributed by atoms with Crippen LogP contribution < -0.4 is 5.32 Å². The number of nitrogens with one attached hydrogen (secondary N) is 1. The molecule has 6 nitrogen and oxygen atoms in total. The molecule has 108 valence electrons. The number of imide groups is 1. The van der Waals surface area contributed by atoms with E-state index in [1.54, 1.807) is 12.4 Å². The van der Waals surface area contributed by atoms with Gasteiger partial charge in [-0.2, -0.15) is 0 Å². The van der Waals surface area contributed by atoms with E-state index in [4.69, 9.17) is 0 Å². The topological polar surface area (TPSA) is 75.2 Å². The number of fused-ring (bicyclic) bond motifs is 1. The van der Waals surface area contributed by atoms with E-state index in [1.807, 2.05) is 12.1 Å². The third-order valence-electron chi connectivity index (χ3n) is 3.35. The molecule has 1 saturated heterocycles. The highest BCUT2D eigenvalue weighted by atomic mass is 79.9. The Bertz CT molecular complexity index is 703. The zero-order chi connectivity index (χ0) is 14.8. The lowest BCUT2D eigenvalue weighted by Gasteiger charge is -2.15. The largest absolute Gasteiger partial charge is 0.381 e. The summed E-state index contributed by atoms with van der Waals surface area (Å²) in [6, 6.07) is 3.72. The third-order valence-corrected chi connectivity index (χ3v) is 3.78. The molecular weight excluding hydrogens is 336 g/mol. The summed E-state index contributed by atoms with van der Waals surface area (Å²) in [5, 5.41) is 3.21. The first-order valence-corrected chi connectivity index (χ1v) is 7.42. The summed E-state index contributed by atoms with van der Waals surface area (Å²) in [5.74, 6) is -0.188. The van der Waals surface area contributed by atoms with Gasteiger partial charge in [0.15, 0.2) is 0 Å². The van der Waals surface area contributed by atoms with Crippen LogP contribution in [0.1, 0.15) is 12.8 Å². The van der Waals surface area contributed by atoms with Crippen molar-refractivity contribution in [3.63, 3.8) is 0 Å². The monoisotopic (exact) mass is 348 g/mol. The molecule has 0 saturated carbocycles. The third kappa shape index (κ3) is 2.87. The Labute approximate surface area is 129 Å². The second kappa shape index (κ2) is 5.77. The first kappa shape index (κ1) is 13.9. The molecule has 0 unspecified atom stereocenters. The van der Waals surface area contributed by atoms with Gasteiger partial charge in [0, 0.05) is 42.8 Å². The number of halogens is 1. The number of aromatic nitrogens is 2. The zero-order valence-corrected chi connectivity index (χ0v) is 12.8. The Morgan fingerprint density at radius 1 is 1.24 bits per heavy atom. The lowest BCUT2D eigenvalue weighted by molar-refractivity contribution is -0.138. The van der Waals surface area contributed by atoms with Gasteiger partial charge in [-0.3, -0.25) is 24.5 Å². The van der Waals surface area contributed by atoms with Gasteiger partial charge in [-0.05, 0) is 28.1 Å². The molecule has 0 spiro atoms. The van der Waals surface area contributed by atoms with Crippen LogP contribution in [0.15, 0.2) is 29.0 Å². The van der Waals surface area contributed by atoms with E-state index in [1.165, 1.54) is 4.90 Å². The lowest BCUT2D eigenvalue weighted by atomic mass is 10.3. The van der Waals surface area contributed by atoms with Crippen LogP contribution in [0.4, 0.5) is 5.69 Å². The van der Waals surface area contributed by atoms with Crippen molar-refractivity contribution >= 4 is 44.5 Å². The van der Waals surface area contributed by atoms with Crippen molar-refractivity contribution in [3.05, 3.63) is 29.0 Å². The van der Waals surface area contributed by atoms with Crippen molar-refractivity contribution < 1.29 is 9.59 Å². The Kier molecular flexibility index (Phi) is 3.83. The quantitative estimate of drug-likeness (QED) is 0.854. The molecule has 21 heavy (non-hydrogen) atoms. The summed E-state index contributed by atoms with van der Waals surface area (Å²) in [6.45, 7) is 0.867. The fourth-order valence-electron chi connectivity index (χ4n) is 2.32. The van der Waals surface area contributed by atoms with Crippen LogP contribution >= 0.6 is 15.9 Å². The molecule has 0 radical (unpaired) electrons. The maximum absolute atomic E-state index is 11.5. The van der Waals surface area contributed by atoms with Gasteiger partial charge < -0.3 is 5.32 Å². The average Bonchev–Trinajstić information content (AvgIpc) is 2.78. The molecule has 0 aromatic carbocycles. The predicted octanol–water partition coefficient (Wildman–Crippen LogP) is 1.95. The number of rotatable bonds is 4. The Balaban J connectivity index is 1.71. The van der Waals surface area contributed by atoms with Crippen LogP contribution in [0.3, 0.4) is 0 Å². The molecule has 7 heteroatoms. The number of anilines is 1. The molecule has 1 aliphatic rings. The molecule has 0 bridgehead atoms. The molecule has 0 aliphatic carbocycles. The van der Waals surface area contributed by atoms with Crippen molar-refractivity contribution in [3.8, 4) is 0 Å². The fraction of sp³-hybridized carbons (Fsp3) is 0.286. The van der Waals surface area contributed by atoms with Gasteiger partial charge in [-0.1, -0.05) is 0 Å². The van der Waals surface area contributed by atoms with Crippen LogP contribution in [0, 0.1) is 0 Å². The van der Waals surface area contributed by atoms with Gasteiger partial charge in [-0.25, -0.2) is 0 Å². The number of likely N-dealkylation sites (tertiary alicyclic amines) is 1. The van der Waals surface area contributed by atoms with E-state index in [9.17, 15) is 9.59 Å². The maximum Gasteiger partial charge on any atom is 0.229 e. The van der Waals surface area contributed by atoms with Gasteiger partial charge in [0.05, 0.1) is 11.2 Å². The van der Waals surface area contributed by atoms with Gasteiger partial charge in [-0.15, -0.1) is 0 Å². The first-order chi connectivity index (χ1) is 10.1. The molecule has 3 rings (SSSR count).